The van der Waals surface area contributed by atoms with Gasteiger partial charge in [0, 0.05) is 12.6 Å². The zero-order valence-electron chi connectivity index (χ0n) is 11.6. The summed E-state index contributed by atoms with van der Waals surface area (Å²) in [6.07, 6.45) is 1.15. The number of hydrogen-bond donors (Lipinski definition) is 3. The molecule has 0 aromatic carbocycles. The van der Waals surface area contributed by atoms with Crippen molar-refractivity contribution in [3.05, 3.63) is 11.3 Å². The van der Waals surface area contributed by atoms with Crippen molar-refractivity contribution in [2.75, 3.05) is 18.4 Å². The van der Waals surface area contributed by atoms with Crippen molar-refractivity contribution >= 4 is 5.82 Å². The second-order valence-corrected chi connectivity index (χ2v) is 6.28. The van der Waals surface area contributed by atoms with Gasteiger partial charge in [0.05, 0.1) is 16.9 Å². The van der Waals surface area contributed by atoms with Gasteiger partial charge in [0.1, 0.15) is 5.60 Å². The molecule has 1 aromatic rings. The zero-order chi connectivity index (χ0) is 13.0. The number of nitrogens with one attached hydrogen (secondary N) is 3. The predicted molar refractivity (Wildman–Crippen MR) is 70.6 cm³/mol. The first-order chi connectivity index (χ1) is 8.40. The van der Waals surface area contributed by atoms with Crippen molar-refractivity contribution in [2.24, 2.45) is 0 Å². The molecule has 1 fully saturated rings. The molecule has 2 aliphatic heterocycles. The zero-order valence-corrected chi connectivity index (χ0v) is 11.6. The maximum absolute atomic E-state index is 6.12. The Labute approximate surface area is 108 Å². The topological polar surface area (TPSA) is 62.0 Å². The maximum atomic E-state index is 6.12. The smallest absolute Gasteiger partial charge is 0.154 e. The van der Waals surface area contributed by atoms with E-state index in [1.807, 2.05) is 0 Å². The van der Waals surface area contributed by atoms with Gasteiger partial charge < -0.3 is 15.4 Å². The molecular weight excluding hydrogens is 228 g/mol. The fourth-order valence-electron chi connectivity index (χ4n) is 3.18. The van der Waals surface area contributed by atoms with E-state index in [1.54, 1.807) is 0 Å². The quantitative estimate of drug-likeness (QED) is 0.747. The van der Waals surface area contributed by atoms with Crippen molar-refractivity contribution in [2.45, 2.75) is 51.4 Å². The minimum atomic E-state index is -0.292. The Kier molecular flexibility index (Phi) is 2.47. The summed E-state index contributed by atoms with van der Waals surface area (Å²) in [6.45, 7) is 10.5. The van der Waals surface area contributed by atoms with Crippen LogP contribution in [0.5, 0.6) is 0 Å². The second-order valence-electron chi connectivity index (χ2n) is 6.28. The average molecular weight is 250 g/mol. The van der Waals surface area contributed by atoms with Gasteiger partial charge in [0.15, 0.2) is 5.82 Å². The number of anilines is 1. The summed E-state index contributed by atoms with van der Waals surface area (Å²) in [5, 5.41) is 14.5. The average Bonchev–Trinajstić information content (AvgIpc) is 2.87. The molecule has 18 heavy (non-hydrogen) atoms. The summed E-state index contributed by atoms with van der Waals surface area (Å²) in [4.78, 5) is 0. The van der Waals surface area contributed by atoms with Gasteiger partial charge in [-0.05, 0) is 40.7 Å². The molecule has 3 rings (SSSR count). The van der Waals surface area contributed by atoms with Crippen LogP contribution < -0.4 is 10.6 Å². The first kappa shape index (κ1) is 12.0. The van der Waals surface area contributed by atoms with Gasteiger partial charge in [-0.1, -0.05) is 0 Å². The Bertz CT molecular complexity index is 458. The third-order valence-corrected chi connectivity index (χ3v) is 3.88. The molecule has 1 aromatic heterocycles. The highest BCUT2D eigenvalue weighted by Crippen LogP contribution is 2.48. The number of aromatic nitrogens is 2. The minimum absolute atomic E-state index is 0.291. The van der Waals surface area contributed by atoms with E-state index in [9.17, 15) is 0 Å². The molecule has 5 heteroatoms. The number of H-pyrrole nitrogens is 1. The molecular formula is C13H22N4O. The Morgan fingerprint density at radius 2 is 2.06 bits per heavy atom. The Morgan fingerprint density at radius 3 is 2.72 bits per heavy atom. The maximum Gasteiger partial charge on any atom is 0.154 e. The first-order valence-electron chi connectivity index (χ1n) is 6.67. The molecule has 0 amide bonds. The van der Waals surface area contributed by atoms with Gasteiger partial charge in [0.2, 0.25) is 0 Å². The fraction of sp³-hybridized carbons (Fsp3) is 0.769. The van der Waals surface area contributed by atoms with E-state index < -0.39 is 0 Å². The molecule has 0 saturated carbocycles. The van der Waals surface area contributed by atoms with E-state index in [0.29, 0.717) is 6.04 Å². The predicted octanol–water partition coefficient (Wildman–Crippen LogP) is 1.68. The van der Waals surface area contributed by atoms with Crippen LogP contribution in [0.2, 0.25) is 0 Å². The molecule has 5 nitrogen and oxygen atoms in total. The van der Waals surface area contributed by atoms with Crippen molar-refractivity contribution < 1.29 is 4.74 Å². The summed E-state index contributed by atoms with van der Waals surface area (Å²) >= 11 is 0. The van der Waals surface area contributed by atoms with E-state index in [-0.39, 0.29) is 11.2 Å². The molecule has 1 saturated heterocycles. The lowest BCUT2D eigenvalue weighted by Crippen LogP contribution is -2.26. The van der Waals surface area contributed by atoms with Crippen molar-refractivity contribution in [3.63, 3.8) is 0 Å². The summed E-state index contributed by atoms with van der Waals surface area (Å²) in [6, 6.07) is 0.469. The number of hydrogen-bond acceptors (Lipinski definition) is 4. The minimum Gasteiger partial charge on any atom is -0.364 e. The van der Waals surface area contributed by atoms with Crippen molar-refractivity contribution in [1.82, 2.24) is 15.5 Å². The normalized spacial score (nSPS) is 28.3. The molecule has 2 aliphatic rings. The lowest BCUT2D eigenvalue weighted by molar-refractivity contribution is -0.107. The van der Waals surface area contributed by atoms with Crippen LogP contribution in [0.3, 0.4) is 0 Å². The van der Waals surface area contributed by atoms with Crippen molar-refractivity contribution in [3.8, 4) is 0 Å². The van der Waals surface area contributed by atoms with E-state index in [2.05, 4.69) is 48.5 Å². The van der Waals surface area contributed by atoms with Crippen LogP contribution >= 0.6 is 0 Å². The molecule has 100 valence electrons. The van der Waals surface area contributed by atoms with Gasteiger partial charge in [-0.2, -0.15) is 5.10 Å². The Hall–Kier alpha value is -1.07. The van der Waals surface area contributed by atoms with Crippen molar-refractivity contribution in [1.29, 1.82) is 0 Å². The molecule has 1 unspecified atom stereocenters. The molecule has 3 N–H and O–H groups in total. The van der Waals surface area contributed by atoms with Crippen LogP contribution in [0.4, 0.5) is 5.82 Å². The molecule has 0 radical (unpaired) electrons. The van der Waals surface area contributed by atoms with Gasteiger partial charge in [-0.3, -0.25) is 5.10 Å². The van der Waals surface area contributed by atoms with Crippen LogP contribution in [0.1, 0.15) is 45.4 Å². The van der Waals surface area contributed by atoms with Gasteiger partial charge in [-0.25, -0.2) is 0 Å². The highest BCUT2D eigenvalue weighted by Gasteiger charge is 2.47. The van der Waals surface area contributed by atoms with Gasteiger partial charge >= 0.3 is 0 Å². The molecule has 0 aliphatic carbocycles. The number of aromatic amines is 1. The van der Waals surface area contributed by atoms with Gasteiger partial charge in [0.25, 0.3) is 0 Å². The molecule has 3 heterocycles. The van der Waals surface area contributed by atoms with Gasteiger partial charge in [-0.15, -0.1) is 0 Å². The van der Waals surface area contributed by atoms with Crippen LogP contribution in [0.15, 0.2) is 0 Å². The number of fused-ring (bicyclic) bond motifs is 1. The monoisotopic (exact) mass is 250 g/mol. The van der Waals surface area contributed by atoms with Crippen LogP contribution in [-0.4, -0.2) is 29.3 Å². The summed E-state index contributed by atoms with van der Waals surface area (Å²) in [5.74, 6) is 0.953. The van der Waals surface area contributed by atoms with E-state index in [1.165, 1.54) is 5.56 Å². The largest absolute Gasteiger partial charge is 0.364 e. The number of ether oxygens (including phenoxy) is 1. The third-order valence-electron chi connectivity index (χ3n) is 3.88. The molecule has 1 atom stereocenters. The first-order valence-corrected chi connectivity index (χ1v) is 6.67. The summed E-state index contributed by atoms with van der Waals surface area (Å²) < 4.78 is 6.12. The van der Waals surface area contributed by atoms with E-state index >= 15 is 0 Å². The van der Waals surface area contributed by atoms with E-state index in [0.717, 1.165) is 31.0 Å². The molecule has 0 bridgehead atoms. The Morgan fingerprint density at radius 1 is 1.28 bits per heavy atom. The van der Waals surface area contributed by atoms with E-state index in [4.69, 9.17) is 4.74 Å². The molecule has 0 spiro atoms. The SMILES string of the molecule is CC1(C)OC(C)(C)c2c(NC3CCNC3)n[nH]c21. The lowest BCUT2D eigenvalue weighted by Gasteiger charge is -2.25. The van der Waals surface area contributed by atoms with Crippen LogP contribution in [0, 0.1) is 0 Å². The standard InChI is InChI=1S/C13H22N4O/c1-12(2)9-10(13(3,4)18-12)16-17-11(9)15-8-5-6-14-7-8/h8,14H,5-7H2,1-4H3,(H2,15,16,17). The third kappa shape index (κ3) is 1.73. The fourth-order valence-corrected chi connectivity index (χ4v) is 3.18. The summed E-state index contributed by atoms with van der Waals surface area (Å²) in [5.41, 5.74) is 1.69. The lowest BCUT2D eigenvalue weighted by atomic mass is 9.96. The Balaban J connectivity index is 1.94. The highest BCUT2D eigenvalue weighted by atomic mass is 16.5. The summed E-state index contributed by atoms with van der Waals surface area (Å²) in [7, 11) is 0. The van der Waals surface area contributed by atoms with Crippen LogP contribution in [0.25, 0.3) is 0 Å². The van der Waals surface area contributed by atoms with Crippen LogP contribution in [-0.2, 0) is 15.9 Å². The second kappa shape index (κ2) is 3.71. The number of rotatable bonds is 2. The highest BCUT2D eigenvalue weighted by molar-refractivity contribution is 5.54. The number of nitrogens with zero attached hydrogens (tertiary/aromatic N) is 1.